The highest BCUT2D eigenvalue weighted by atomic mass is 16.4. The number of hydrogen-bond donors (Lipinski definition) is 1. The molecule has 5 nitrogen and oxygen atoms in total. The minimum absolute atomic E-state index is 0.102. The Balaban J connectivity index is 1.92. The summed E-state index contributed by atoms with van der Waals surface area (Å²) in [7, 11) is 0. The van der Waals surface area contributed by atoms with Gasteiger partial charge < -0.3 is 14.2 Å². The first kappa shape index (κ1) is 13.4. The second kappa shape index (κ2) is 5.83. The molecule has 1 N–H and O–H groups in total. The molecular formula is C16H17N3O2. The predicted octanol–water partition coefficient (Wildman–Crippen LogP) is 4.20. The van der Waals surface area contributed by atoms with Crippen molar-refractivity contribution in [3.05, 3.63) is 54.3 Å². The lowest BCUT2D eigenvalue weighted by Crippen LogP contribution is -2.09. The third kappa shape index (κ3) is 2.81. The van der Waals surface area contributed by atoms with Crippen LogP contribution in [0.4, 0.5) is 5.69 Å². The first-order valence-electron chi connectivity index (χ1n) is 6.97. The lowest BCUT2D eigenvalue weighted by atomic mass is 10.1. The summed E-state index contributed by atoms with van der Waals surface area (Å²) in [5.41, 5.74) is 1.84. The number of hydrogen-bond acceptors (Lipinski definition) is 5. The van der Waals surface area contributed by atoms with Gasteiger partial charge in [-0.2, -0.15) is 0 Å². The molecule has 0 radical (unpaired) electrons. The Kier molecular flexibility index (Phi) is 3.73. The van der Waals surface area contributed by atoms with E-state index in [1.807, 2.05) is 36.4 Å². The monoisotopic (exact) mass is 283 g/mol. The number of furan rings is 1. The standard InChI is InChI=1S/C16H17N3O2/c1-3-13(15-9-6-10-20-15)17-14-8-5-4-7-12(14)16-19-18-11(2)21-16/h4-10,13,17H,3H2,1-2H3. The Bertz CT molecular complexity index is 704. The van der Waals surface area contributed by atoms with Gasteiger partial charge in [0.1, 0.15) is 5.76 Å². The van der Waals surface area contributed by atoms with E-state index in [4.69, 9.17) is 8.83 Å². The summed E-state index contributed by atoms with van der Waals surface area (Å²) in [6.45, 7) is 3.89. The van der Waals surface area contributed by atoms with Crippen LogP contribution in [-0.4, -0.2) is 10.2 Å². The molecule has 2 aromatic heterocycles. The highest BCUT2D eigenvalue weighted by molar-refractivity contribution is 5.72. The van der Waals surface area contributed by atoms with E-state index in [0.29, 0.717) is 11.8 Å². The van der Waals surface area contributed by atoms with Crippen molar-refractivity contribution in [1.29, 1.82) is 0 Å². The van der Waals surface area contributed by atoms with Crippen LogP contribution >= 0.6 is 0 Å². The molecule has 0 aliphatic carbocycles. The van der Waals surface area contributed by atoms with E-state index in [2.05, 4.69) is 22.4 Å². The zero-order valence-electron chi connectivity index (χ0n) is 12.0. The van der Waals surface area contributed by atoms with Crippen LogP contribution in [0.1, 0.15) is 31.0 Å². The van der Waals surface area contributed by atoms with Gasteiger partial charge in [-0.15, -0.1) is 10.2 Å². The highest BCUT2D eigenvalue weighted by Gasteiger charge is 2.16. The molecule has 1 atom stereocenters. The Labute approximate surface area is 123 Å². The largest absolute Gasteiger partial charge is 0.467 e. The normalized spacial score (nSPS) is 12.3. The lowest BCUT2D eigenvalue weighted by molar-refractivity contribution is 0.474. The molecule has 21 heavy (non-hydrogen) atoms. The zero-order chi connectivity index (χ0) is 14.7. The summed E-state index contributed by atoms with van der Waals surface area (Å²) in [5.74, 6) is 1.98. The van der Waals surface area contributed by atoms with Crippen LogP contribution in [0.25, 0.3) is 11.5 Å². The topological polar surface area (TPSA) is 64.1 Å². The minimum atomic E-state index is 0.102. The molecule has 0 saturated heterocycles. The average molecular weight is 283 g/mol. The Hall–Kier alpha value is -2.56. The van der Waals surface area contributed by atoms with Crippen LogP contribution in [-0.2, 0) is 0 Å². The first-order valence-corrected chi connectivity index (χ1v) is 6.97. The van der Waals surface area contributed by atoms with Gasteiger partial charge in [0, 0.05) is 12.6 Å². The summed E-state index contributed by atoms with van der Waals surface area (Å²) in [6, 6.07) is 11.9. The van der Waals surface area contributed by atoms with Gasteiger partial charge in [0.05, 0.1) is 17.9 Å². The molecule has 0 fully saturated rings. The van der Waals surface area contributed by atoms with Gasteiger partial charge in [-0.05, 0) is 30.7 Å². The molecule has 0 bridgehead atoms. The summed E-state index contributed by atoms with van der Waals surface area (Å²) in [5, 5.41) is 11.5. The van der Waals surface area contributed by atoms with Crippen LogP contribution in [0.15, 0.2) is 51.5 Å². The summed E-state index contributed by atoms with van der Waals surface area (Å²) in [6.07, 6.45) is 2.59. The van der Waals surface area contributed by atoms with Crippen LogP contribution in [0.5, 0.6) is 0 Å². The van der Waals surface area contributed by atoms with Crippen LogP contribution < -0.4 is 5.32 Å². The number of rotatable bonds is 5. The van der Waals surface area contributed by atoms with Crippen molar-refractivity contribution in [2.45, 2.75) is 26.3 Å². The average Bonchev–Trinajstić information content (AvgIpc) is 3.16. The number of aryl methyl sites for hydroxylation is 1. The van der Waals surface area contributed by atoms with Crippen molar-refractivity contribution in [3.63, 3.8) is 0 Å². The molecule has 1 aromatic carbocycles. The molecule has 0 saturated carbocycles. The van der Waals surface area contributed by atoms with E-state index in [9.17, 15) is 0 Å². The van der Waals surface area contributed by atoms with Gasteiger partial charge in [0.15, 0.2) is 0 Å². The fraction of sp³-hybridized carbons (Fsp3) is 0.250. The number of nitrogens with zero attached hydrogens (tertiary/aromatic N) is 2. The molecule has 5 heteroatoms. The molecule has 0 spiro atoms. The van der Waals surface area contributed by atoms with Crippen molar-refractivity contribution in [2.75, 3.05) is 5.32 Å². The van der Waals surface area contributed by atoms with Gasteiger partial charge in [-0.1, -0.05) is 19.1 Å². The summed E-state index contributed by atoms with van der Waals surface area (Å²) < 4.78 is 11.0. The minimum Gasteiger partial charge on any atom is -0.467 e. The van der Waals surface area contributed by atoms with E-state index < -0.39 is 0 Å². The molecule has 2 heterocycles. The Morgan fingerprint density at radius 2 is 2.00 bits per heavy atom. The predicted molar refractivity (Wildman–Crippen MR) is 79.8 cm³/mol. The second-order valence-electron chi connectivity index (χ2n) is 4.79. The van der Waals surface area contributed by atoms with E-state index in [0.717, 1.165) is 23.4 Å². The number of benzene rings is 1. The number of aromatic nitrogens is 2. The van der Waals surface area contributed by atoms with E-state index >= 15 is 0 Å². The maximum Gasteiger partial charge on any atom is 0.249 e. The molecule has 108 valence electrons. The third-order valence-corrected chi connectivity index (χ3v) is 3.31. The maximum absolute atomic E-state index is 5.53. The summed E-state index contributed by atoms with van der Waals surface area (Å²) >= 11 is 0. The number of anilines is 1. The van der Waals surface area contributed by atoms with Crippen molar-refractivity contribution >= 4 is 5.69 Å². The van der Waals surface area contributed by atoms with Gasteiger partial charge in [-0.25, -0.2) is 0 Å². The van der Waals surface area contributed by atoms with E-state index in [1.54, 1.807) is 13.2 Å². The fourth-order valence-corrected chi connectivity index (χ4v) is 2.25. The van der Waals surface area contributed by atoms with E-state index in [-0.39, 0.29) is 6.04 Å². The van der Waals surface area contributed by atoms with Gasteiger partial charge in [0.2, 0.25) is 11.8 Å². The molecule has 3 rings (SSSR count). The molecule has 0 amide bonds. The summed E-state index contributed by atoms with van der Waals surface area (Å²) in [4.78, 5) is 0. The molecule has 1 unspecified atom stereocenters. The molecule has 0 aliphatic rings. The quantitative estimate of drug-likeness (QED) is 0.760. The van der Waals surface area contributed by atoms with Gasteiger partial charge >= 0.3 is 0 Å². The third-order valence-electron chi connectivity index (χ3n) is 3.31. The van der Waals surface area contributed by atoms with Crippen molar-refractivity contribution in [3.8, 4) is 11.5 Å². The number of para-hydroxylation sites is 1. The molecule has 3 aromatic rings. The fourth-order valence-electron chi connectivity index (χ4n) is 2.25. The SMILES string of the molecule is CCC(Nc1ccccc1-c1nnc(C)o1)c1ccco1. The van der Waals surface area contributed by atoms with Gasteiger partial charge in [0.25, 0.3) is 0 Å². The van der Waals surface area contributed by atoms with Crippen LogP contribution in [0.2, 0.25) is 0 Å². The van der Waals surface area contributed by atoms with Crippen molar-refractivity contribution in [1.82, 2.24) is 10.2 Å². The Morgan fingerprint density at radius 3 is 2.67 bits per heavy atom. The Morgan fingerprint density at radius 1 is 1.14 bits per heavy atom. The lowest BCUT2D eigenvalue weighted by Gasteiger charge is -2.17. The highest BCUT2D eigenvalue weighted by Crippen LogP contribution is 2.31. The molecular weight excluding hydrogens is 266 g/mol. The smallest absolute Gasteiger partial charge is 0.249 e. The second-order valence-corrected chi connectivity index (χ2v) is 4.79. The molecule has 0 aliphatic heterocycles. The zero-order valence-corrected chi connectivity index (χ0v) is 12.0. The maximum atomic E-state index is 5.53. The van der Waals surface area contributed by atoms with Gasteiger partial charge in [-0.3, -0.25) is 0 Å². The number of nitrogens with one attached hydrogen (secondary N) is 1. The first-order chi connectivity index (χ1) is 10.3. The van der Waals surface area contributed by atoms with E-state index in [1.165, 1.54) is 0 Å². The van der Waals surface area contributed by atoms with Crippen LogP contribution in [0.3, 0.4) is 0 Å². The van der Waals surface area contributed by atoms with Crippen LogP contribution in [0, 0.1) is 6.92 Å². The van der Waals surface area contributed by atoms with Crippen molar-refractivity contribution in [2.24, 2.45) is 0 Å². The van der Waals surface area contributed by atoms with Crippen molar-refractivity contribution < 1.29 is 8.83 Å².